The standard InChI is InChI=1S/C28H24S/c1-20-12-14-22(15-13-20)27-26(21-8-4-2-5-9-21)28(27)23-16-18-25(19-17-23)29-24-10-6-3-7-11-24/h2-19,26-28H,1H3. The molecule has 4 aromatic rings. The highest BCUT2D eigenvalue weighted by molar-refractivity contribution is 7.99. The zero-order valence-corrected chi connectivity index (χ0v) is 17.3. The number of rotatable bonds is 5. The lowest BCUT2D eigenvalue weighted by atomic mass is 10.0. The molecular formula is C28H24S. The first kappa shape index (κ1) is 18.3. The molecule has 1 aliphatic rings. The molecule has 0 radical (unpaired) electrons. The second-order valence-corrected chi connectivity index (χ2v) is 9.03. The Labute approximate surface area is 177 Å². The maximum Gasteiger partial charge on any atom is 0.0122 e. The van der Waals surface area contributed by atoms with E-state index in [-0.39, 0.29) is 0 Å². The van der Waals surface area contributed by atoms with Crippen molar-refractivity contribution in [2.24, 2.45) is 0 Å². The highest BCUT2D eigenvalue weighted by atomic mass is 32.2. The van der Waals surface area contributed by atoms with Crippen LogP contribution in [0.2, 0.25) is 0 Å². The van der Waals surface area contributed by atoms with Gasteiger partial charge in [-0.2, -0.15) is 0 Å². The first-order valence-electron chi connectivity index (χ1n) is 10.2. The van der Waals surface area contributed by atoms with Gasteiger partial charge in [0.1, 0.15) is 0 Å². The van der Waals surface area contributed by atoms with Crippen molar-refractivity contribution in [3.05, 3.63) is 131 Å². The molecule has 1 fully saturated rings. The minimum Gasteiger partial charge on any atom is -0.0901 e. The first-order valence-corrected chi connectivity index (χ1v) is 11.1. The summed E-state index contributed by atoms with van der Waals surface area (Å²) in [6.45, 7) is 2.16. The molecule has 0 saturated heterocycles. The van der Waals surface area contributed by atoms with E-state index < -0.39 is 0 Å². The predicted molar refractivity (Wildman–Crippen MR) is 123 cm³/mol. The minimum absolute atomic E-state index is 0.552. The molecule has 0 heterocycles. The van der Waals surface area contributed by atoms with E-state index in [1.807, 2.05) is 11.8 Å². The highest BCUT2D eigenvalue weighted by Crippen LogP contribution is 2.66. The summed E-state index contributed by atoms with van der Waals surface area (Å²) >= 11 is 1.82. The van der Waals surface area contributed by atoms with Gasteiger partial charge in [-0.1, -0.05) is 102 Å². The molecule has 29 heavy (non-hydrogen) atoms. The minimum atomic E-state index is 0.552. The van der Waals surface area contributed by atoms with Crippen molar-refractivity contribution in [3.63, 3.8) is 0 Å². The van der Waals surface area contributed by atoms with Crippen molar-refractivity contribution in [2.45, 2.75) is 34.5 Å². The molecule has 5 rings (SSSR count). The molecule has 0 bridgehead atoms. The topological polar surface area (TPSA) is 0 Å². The Kier molecular flexibility index (Phi) is 4.99. The van der Waals surface area contributed by atoms with Gasteiger partial charge in [0.15, 0.2) is 0 Å². The van der Waals surface area contributed by atoms with Crippen LogP contribution < -0.4 is 0 Å². The molecule has 142 valence electrons. The Balaban J connectivity index is 1.42. The third-order valence-electron chi connectivity index (χ3n) is 5.91. The lowest BCUT2D eigenvalue weighted by Crippen LogP contribution is -1.85. The second kappa shape index (κ2) is 7.93. The van der Waals surface area contributed by atoms with E-state index in [1.165, 1.54) is 32.0 Å². The van der Waals surface area contributed by atoms with Gasteiger partial charge in [0.25, 0.3) is 0 Å². The fourth-order valence-electron chi connectivity index (χ4n) is 4.40. The van der Waals surface area contributed by atoms with Crippen LogP contribution in [0.15, 0.2) is 119 Å². The van der Waals surface area contributed by atoms with E-state index in [2.05, 4.69) is 116 Å². The Morgan fingerprint density at radius 1 is 0.448 bits per heavy atom. The van der Waals surface area contributed by atoms with Gasteiger partial charge >= 0.3 is 0 Å². The van der Waals surface area contributed by atoms with E-state index in [1.54, 1.807) is 0 Å². The maximum absolute atomic E-state index is 2.33. The van der Waals surface area contributed by atoms with Crippen LogP contribution in [0.5, 0.6) is 0 Å². The van der Waals surface area contributed by atoms with Crippen LogP contribution in [-0.4, -0.2) is 0 Å². The van der Waals surface area contributed by atoms with Crippen LogP contribution in [0.4, 0.5) is 0 Å². The van der Waals surface area contributed by atoms with Gasteiger partial charge in [-0.05, 0) is 65.6 Å². The average Bonchev–Trinajstić information content (AvgIpc) is 3.52. The third-order valence-corrected chi connectivity index (χ3v) is 6.93. The van der Waals surface area contributed by atoms with Gasteiger partial charge in [0.2, 0.25) is 0 Å². The third kappa shape index (κ3) is 3.88. The molecule has 3 atom stereocenters. The smallest absolute Gasteiger partial charge is 0.0122 e. The number of hydrogen-bond acceptors (Lipinski definition) is 1. The van der Waals surface area contributed by atoms with E-state index in [0.717, 1.165) is 0 Å². The van der Waals surface area contributed by atoms with E-state index in [9.17, 15) is 0 Å². The lowest BCUT2D eigenvalue weighted by Gasteiger charge is -2.05. The quantitative estimate of drug-likeness (QED) is 0.334. The Bertz CT molecular complexity index is 1070. The number of benzene rings is 4. The molecular weight excluding hydrogens is 368 g/mol. The van der Waals surface area contributed by atoms with Gasteiger partial charge < -0.3 is 0 Å². The Morgan fingerprint density at radius 2 is 0.862 bits per heavy atom. The summed E-state index contributed by atoms with van der Waals surface area (Å²) in [6, 6.07) is 39.9. The molecule has 0 amide bonds. The summed E-state index contributed by atoms with van der Waals surface area (Å²) in [4.78, 5) is 2.58. The van der Waals surface area contributed by atoms with E-state index in [4.69, 9.17) is 0 Å². The van der Waals surface area contributed by atoms with Crippen molar-refractivity contribution < 1.29 is 0 Å². The van der Waals surface area contributed by atoms with Gasteiger partial charge in [-0.3, -0.25) is 0 Å². The predicted octanol–water partition coefficient (Wildman–Crippen LogP) is 7.81. The summed E-state index contributed by atoms with van der Waals surface area (Å²) < 4.78 is 0. The van der Waals surface area contributed by atoms with Crippen LogP contribution in [0, 0.1) is 6.92 Å². The number of hydrogen-bond donors (Lipinski definition) is 0. The zero-order chi connectivity index (χ0) is 19.6. The van der Waals surface area contributed by atoms with Crippen LogP contribution >= 0.6 is 11.8 Å². The Morgan fingerprint density at radius 3 is 1.41 bits per heavy atom. The number of aryl methyl sites for hydroxylation is 1. The summed E-state index contributed by atoms with van der Waals surface area (Å²) in [5, 5.41) is 0. The van der Waals surface area contributed by atoms with Gasteiger partial charge in [-0.25, -0.2) is 0 Å². The molecule has 4 aromatic carbocycles. The van der Waals surface area contributed by atoms with E-state index in [0.29, 0.717) is 17.8 Å². The van der Waals surface area contributed by atoms with Crippen molar-refractivity contribution >= 4 is 11.8 Å². The monoisotopic (exact) mass is 392 g/mol. The summed E-state index contributed by atoms with van der Waals surface area (Å²) in [5.74, 6) is 1.67. The van der Waals surface area contributed by atoms with Crippen molar-refractivity contribution in [2.75, 3.05) is 0 Å². The molecule has 3 unspecified atom stereocenters. The summed E-state index contributed by atoms with van der Waals surface area (Å²) in [7, 11) is 0. The highest BCUT2D eigenvalue weighted by Gasteiger charge is 2.52. The Hall–Kier alpha value is -2.77. The molecule has 0 nitrogen and oxygen atoms in total. The molecule has 0 aliphatic heterocycles. The fraction of sp³-hybridized carbons (Fsp3) is 0.143. The zero-order valence-electron chi connectivity index (χ0n) is 16.5. The van der Waals surface area contributed by atoms with Crippen molar-refractivity contribution in [1.82, 2.24) is 0 Å². The lowest BCUT2D eigenvalue weighted by molar-refractivity contribution is 1.02. The van der Waals surface area contributed by atoms with Crippen LogP contribution in [0.25, 0.3) is 0 Å². The SMILES string of the molecule is Cc1ccc(C2C(c3ccccc3)C2c2ccc(Sc3ccccc3)cc2)cc1. The summed E-state index contributed by atoms with van der Waals surface area (Å²) in [6.07, 6.45) is 0. The largest absolute Gasteiger partial charge is 0.0901 e. The second-order valence-electron chi connectivity index (χ2n) is 7.88. The molecule has 0 N–H and O–H groups in total. The van der Waals surface area contributed by atoms with Crippen LogP contribution in [-0.2, 0) is 0 Å². The summed E-state index contributed by atoms with van der Waals surface area (Å²) in [5.41, 5.74) is 5.68. The molecule has 1 heteroatoms. The van der Waals surface area contributed by atoms with Crippen molar-refractivity contribution in [3.8, 4) is 0 Å². The maximum atomic E-state index is 2.33. The van der Waals surface area contributed by atoms with Gasteiger partial charge in [0, 0.05) is 9.79 Å². The normalized spacial score (nSPS) is 20.4. The van der Waals surface area contributed by atoms with Crippen molar-refractivity contribution in [1.29, 1.82) is 0 Å². The average molecular weight is 393 g/mol. The molecule has 0 spiro atoms. The first-order chi connectivity index (χ1) is 14.3. The molecule has 0 aromatic heterocycles. The fourth-order valence-corrected chi connectivity index (χ4v) is 5.24. The molecule has 1 aliphatic carbocycles. The van der Waals surface area contributed by atoms with Crippen LogP contribution in [0.3, 0.4) is 0 Å². The molecule has 1 saturated carbocycles. The van der Waals surface area contributed by atoms with Crippen LogP contribution in [0.1, 0.15) is 40.0 Å². The van der Waals surface area contributed by atoms with E-state index >= 15 is 0 Å². The van der Waals surface area contributed by atoms with Gasteiger partial charge in [0.05, 0.1) is 0 Å². The van der Waals surface area contributed by atoms with Gasteiger partial charge in [-0.15, -0.1) is 0 Å².